The molecule has 25 heavy (non-hydrogen) atoms. The molecule has 1 saturated heterocycles. The van der Waals surface area contributed by atoms with Crippen molar-refractivity contribution in [2.45, 2.75) is 26.2 Å². The lowest BCUT2D eigenvalue weighted by Gasteiger charge is -2.15. The highest BCUT2D eigenvalue weighted by molar-refractivity contribution is 5.85. The van der Waals surface area contributed by atoms with Crippen LogP contribution in [0.1, 0.15) is 24.3 Å². The molecule has 0 aliphatic carbocycles. The molecule has 1 fully saturated rings. The fourth-order valence-electron chi connectivity index (χ4n) is 2.83. The zero-order valence-electron chi connectivity index (χ0n) is 14.1. The third-order valence-electron chi connectivity index (χ3n) is 4.42. The number of rotatable bonds is 5. The minimum atomic E-state index is -0.308. The van der Waals surface area contributed by atoms with Crippen LogP contribution in [-0.2, 0) is 11.2 Å². The van der Waals surface area contributed by atoms with Gasteiger partial charge in [0.1, 0.15) is 5.82 Å². The van der Waals surface area contributed by atoms with E-state index < -0.39 is 0 Å². The molecule has 136 valence electrons. The zero-order valence-corrected chi connectivity index (χ0v) is 14.9. The molecule has 1 aromatic carbocycles. The third kappa shape index (κ3) is 4.55. The van der Waals surface area contributed by atoms with Gasteiger partial charge in [-0.15, -0.1) is 12.4 Å². The van der Waals surface area contributed by atoms with E-state index in [9.17, 15) is 9.18 Å². The summed E-state index contributed by atoms with van der Waals surface area (Å²) in [7, 11) is 0. The third-order valence-corrected chi connectivity index (χ3v) is 4.42. The Bertz CT molecular complexity index is 737. The lowest BCUT2D eigenvalue weighted by Crippen LogP contribution is -2.30. The number of hydrogen-bond donors (Lipinski definition) is 1. The van der Waals surface area contributed by atoms with Gasteiger partial charge in [0.25, 0.3) is 0 Å². The molecule has 1 aromatic heterocycles. The average Bonchev–Trinajstić information content (AvgIpc) is 3.24. The smallest absolute Gasteiger partial charge is 0.227 e. The predicted molar refractivity (Wildman–Crippen MR) is 93.7 cm³/mol. The van der Waals surface area contributed by atoms with E-state index in [1.54, 1.807) is 19.1 Å². The van der Waals surface area contributed by atoms with E-state index in [1.165, 1.54) is 6.07 Å². The monoisotopic (exact) mass is 368 g/mol. The van der Waals surface area contributed by atoms with Crippen LogP contribution in [0, 0.1) is 18.7 Å². The van der Waals surface area contributed by atoms with Crippen LogP contribution >= 0.6 is 12.4 Å². The highest BCUT2D eigenvalue weighted by Crippen LogP contribution is 2.20. The van der Waals surface area contributed by atoms with Crippen molar-refractivity contribution in [1.29, 1.82) is 0 Å². The number of aromatic nitrogens is 2. The molecule has 3 rings (SSSR count). The number of nitrogens with zero attached hydrogens (tertiary/aromatic N) is 3. The summed E-state index contributed by atoms with van der Waals surface area (Å²) in [4.78, 5) is 18.3. The van der Waals surface area contributed by atoms with Crippen LogP contribution in [0.15, 0.2) is 22.7 Å². The van der Waals surface area contributed by atoms with Gasteiger partial charge in [-0.25, -0.2) is 4.39 Å². The first-order valence-electron chi connectivity index (χ1n) is 8.13. The lowest BCUT2D eigenvalue weighted by atomic mass is 10.1. The van der Waals surface area contributed by atoms with Crippen molar-refractivity contribution < 1.29 is 13.7 Å². The molecule has 1 atom stereocenters. The van der Waals surface area contributed by atoms with Crippen LogP contribution in [-0.4, -0.2) is 40.6 Å². The SMILES string of the molecule is Cc1ccc(-c2noc(CCC(=O)N3CCC(CN)C3)n2)cc1F.Cl. The largest absolute Gasteiger partial charge is 0.342 e. The second-order valence-corrected chi connectivity index (χ2v) is 6.21. The summed E-state index contributed by atoms with van der Waals surface area (Å²) in [6, 6.07) is 4.80. The van der Waals surface area contributed by atoms with Crippen molar-refractivity contribution in [2.75, 3.05) is 19.6 Å². The van der Waals surface area contributed by atoms with Crippen LogP contribution in [0.25, 0.3) is 11.4 Å². The van der Waals surface area contributed by atoms with Crippen molar-refractivity contribution in [3.63, 3.8) is 0 Å². The first kappa shape index (κ1) is 19.3. The van der Waals surface area contributed by atoms with Crippen LogP contribution in [0.4, 0.5) is 4.39 Å². The van der Waals surface area contributed by atoms with Crippen LogP contribution in [0.3, 0.4) is 0 Å². The Kier molecular flexibility index (Phi) is 6.50. The standard InChI is InChI=1S/C17H21FN4O2.ClH/c1-11-2-3-13(8-14(11)18)17-20-15(24-21-17)4-5-16(23)22-7-6-12(9-19)10-22;/h2-3,8,12H,4-7,9-10,19H2,1H3;1H. The molecule has 1 amide bonds. The summed E-state index contributed by atoms with van der Waals surface area (Å²) >= 11 is 0. The minimum absolute atomic E-state index is 0. The maximum atomic E-state index is 13.6. The van der Waals surface area contributed by atoms with E-state index in [0.29, 0.717) is 48.1 Å². The molecule has 1 aliphatic rings. The molecule has 2 N–H and O–H groups in total. The fourth-order valence-corrected chi connectivity index (χ4v) is 2.83. The topological polar surface area (TPSA) is 85.2 Å². The Morgan fingerprint density at radius 1 is 1.48 bits per heavy atom. The van der Waals surface area contributed by atoms with E-state index in [-0.39, 0.29) is 24.1 Å². The van der Waals surface area contributed by atoms with Gasteiger partial charge in [0.05, 0.1) is 0 Å². The molecular weight excluding hydrogens is 347 g/mol. The van der Waals surface area contributed by atoms with Crippen LogP contribution in [0.2, 0.25) is 0 Å². The van der Waals surface area contributed by atoms with E-state index >= 15 is 0 Å². The molecule has 1 unspecified atom stereocenters. The highest BCUT2D eigenvalue weighted by Gasteiger charge is 2.25. The molecule has 0 radical (unpaired) electrons. The second kappa shape index (κ2) is 8.40. The maximum Gasteiger partial charge on any atom is 0.227 e. The molecule has 0 bridgehead atoms. The van der Waals surface area contributed by atoms with Gasteiger partial charge in [-0.1, -0.05) is 17.3 Å². The number of halogens is 2. The summed E-state index contributed by atoms with van der Waals surface area (Å²) in [5.74, 6) is 0.889. The van der Waals surface area contributed by atoms with Gasteiger partial charge in [-0.3, -0.25) is 4.79 Å². The molecule has 0 saturated carbocycles. The van der Waals surface area contributed by atoms with Crippen molar-refractivity contribution in [1.82, 2.24) is 15.0 Å². The first-order chi connectivity index (χ1) is 11.6. The van der Waals surface area contributed by atoms with Gasteiger partial charge in [-0.05, 0) is 37.4 Å². The van der Waals surface area contributed by atoms with Gasteiger partial charge in [0, 0.05) is 31.5 Å². The number of likely N-dealkylation sites (tertiary alicyclic amines) is 1. The number of nitrogens with two attached hydrogens (primary N) is 1. The maximum absolute atomic E-state index is 13.6. The molecule has 6 nitrogen and oxygen atoms in total. The van der Waals surface area contributed by atoms with Gasteiger partial charge < -0.3 is 15.2 Å². The molecule has 0 spiro atoms. The Morgan fingerprint density at radius 2 is 2.28 bits per heavy atom. The van der Waals surface area contributed by atoms with Gasteiger partial charge >= 0.3 is 0 Å². The van der Waals surface area contributed by atoms with Crippen LogP contribution < -0.4 is 5.73 Å². The van der Waals surface area contributed by atoms with Crippen molar-refractivity contribution in [3.8, 4) is 11.4 Å². The minimum Gasteiger partial charge on any atom is -0.342 e. The quantitative estimate of drug-likeness (QED) is 0.875. The number of carbonyl (C=O) groups excluding carboxylic acids is 1. The van der Waals surface area contributed by atoms with Crippen molar-refractivity contribution in [3.05, 3.63) is 35.5 Å². The molecule has 2 heterocycles. The van der Waals surface area contributed by atoms with E-state index in [1.807, 2.05) is 4.90 Å². The zero-order chi connectivity index (χ0) is 17.1. The van der Waals surface area contributed by atoms with E-state index in [2.05, 4.69) is 10.1 Å². The fraction of sp³-hybridized carbons (Fsp3) is 0.471. The lowest BCUT2D eigenvalue weighted by molar-refractivity contribution is -0.130. The number of carbonyl (C=O) groups is 1. The second-order valence-electron chi connectivity index (χ2n) is 6.21. The summed E-state index contributed by atoms with van der Waals surface area (Å²) in [6.45, 7) is 3.80. The molecular formula is C17H22ClFN4O2. The Balaban J connectivity index is 0.00000225. The summed E-state index contributed by atoms with van der Waals surface area (Å²) in [5.41, 5.74) is 6.77. The summed E-state index contributed by atoms with van der Waals surface area (Å²) in [6.07, 6.45) is 1.66. The van der Waals surface area contributed by atoms with E-state index in [4.69, 9.17) is 10.3 Å². The number of amides is 1. The highest BCUT2D eigenvalue weighted by atomic mass is 35.5. The summed E-state index contributed by atoms with van der Waals surface area (Å²) < 4.78 is 18.8. The first-order valence-corrected chi connectivity index (χ1v) is 8.13. The van der Waals surface area contributed by atoms with Gasteiger partial charge in [0.15, 0.2) is 0 Å². The average molecular weight is 369 g/mol. The van der Waals surface area contributed by atoms with Crippen molar-refractivity contribution in [2.24, 2.45) is 11.7 Å². The Labute approximate surface area is 152 Å². The molecule has 8 heteroatoms. The molecule has 1 aliphatic heterocycles. The van der Waals surface area contributed by atoms with E-state index in [0.717, 1.165) is 19.5 Å². The number of hydrogen-bond acceptors (Lipinski definition) is 5. The Morgan fingerprint density at radius 3 is 2.96 bits per heavy atom. The summed E-state index contributed by atoms with van der Waals surface area (Å²) in [5, 5.41) is 3.86. The van der Waals surface area contributed by atoms with Crippen LogP contribution in [0.5, 0.6) is 0 Å². The Hall–Kier alpha value is -1.99. The number of benzene rings is 1. The number of aryl methyl sites for hydroxylation is 2. The van der Waals surface area contributed by atoms with Crippen molar-refractivity contribution >= 4 is 18.3 Å². The predicted octanol–water partition coefficient (Wildman–Crippen LogP) is 2.35. The molecule has 2 aromatic rings. The van der Waals surface area contributed by atoms with Gasteiger partial charge in [-0.2, -0.15) is 4.98 Å². The normalized spacial score (nSPS) is 16.8. The van der Waals surface area contributed by atoms with Gasteiger partial charge in [0.2, 0.25) is 17.6 Å².